The number of amidine groups is 1. The Morgan fingerprint density at radius 3 is 2.05 bits per heavy atom. The van der Waals surface area contributed by atoms with Crippen molar-refractivity contribution in [2.45, 2.75) is 31.6 Å². The first-order valence-corrected chi connectivity index (χ1v) is 13.0. The summed E-state index contributed by atoms with van der Waals surface area (Å²) in [6, 6.07) is 14.9. The number of nitrogens with one attached hydrogen (secondary N) is 1. The molecule has 1 aliphatic rings. The van der Waals surface area contributed by atoms with Crippen molar-refractivity contribution < 1.29 is 32.9 Å². The van der Waals surface area contributed by atoms with E-state index in [1.165, 1.54) is 6.07 Å². The Morgan fingerprint density at radius 1 is 1.02 bits per heavy atom. The number of nitrogens with zero attached hydrogens (tertiary/aromatic N) is 2. The molecular weight excluding hydrogens is 570 g/mol. The first-order valence-electron chi connectivity index (χ1n) is 12.2. The number of halogens is 5. The van der Waals surface area contributed by atoms with Crippen LogP contribution in [0.4, 0.5) is 18.0 Å². The third kappa shape index (κ3) is 7.45. The lowest BCUT2D eigenvalue weighted by Gasteiger charge is -2.27. The summed E-state index contributed by atoms with van der Waals surface area (Å²) in [5.74, 6) is -0.131. The summed E-state index contributed by atoms with van der Waals surface area (Å²) in [4.78, 5) is 18.3. The van der Waals surface area contributed by atoms with Gasteiger partial charge in [0.25, 0.3) is 0 Å². The monoisotopic (exact) mass is 596 g/mol. The maximum Gasteiger partial charge on any atom is 0.416 e. The first-order chi connectivity index (χ1) is 19.0. The van der Waals surface area contributed by atoms with E-state index in [0.29, 0.717) is 34.1 Å². The van der Waals surface area contributed by atoms with E-state index in [4.69, 9.17) is 43.8 Å². The SMILES string of the molecule is CCOc1cc(C(F)(F)F)ccc1C1=NC(c2ccc(Cl)cc2)C(c2ccc(Cl)cc2)N1C(=O)O.[NH-]CCCO. The fraction of sp³-hybridized carbons (Fsp3) is 0.286. The number of benzene rings is 3. The van der Waals surface area contributed by atoms with Crippen LogP contribution in [-0.2, 0) is 6.18 Å². The Labute approximate surface area is 239 Å². The highest BCUT2D eigenvalue weighted by molar-refractivity contribution is 6.30. The van der Waals surface area contributed by atoms with Crippen molar-refractivity contribution in [3.8, 4) is 5.75 Å². The van der Waals surface area contributed by atoms with Gasteiger partial charge in [0.2, 0.25) is 0 Å². The van der Waals surface area contributed by atoms with E-state index >= 15 is 0 Å². The summed E-state index contributed by atoms with van der Waals surface area (Å²) in [5.41, 5.74) is 6.96. The molecule has 3 N–H and O–H groups in total. The van der Waals surface area contributed by atoms with Crippen LogP contribution in [0.15, 0.2) is 71.7 Å². The molecule has 0 saturated carbocycles. The van der Waals surface area contributed by atoms with E-state index in [9.17, 15) is 23.1 Å². The number of aliphatic imine (C=N–C) groups is 1. The number of amides is 1. The lowest BCUT2D eigenvalue weighted by Crippen LogP contribution is -2.37. The Kier molecular flexibility index (Phi) is 10.8. The summed E-state index contributed by atoms with van der Waals surface area (Å²) in [6.45, 7) is 2.21. The summed E-state index contributed by atoms with van der Waals surface area (Å²) < 4.78 is 45.5. The van der Waals surface area contributed by atoms with Crippen LogP contribution in [-0.4, -0.2) is 46.8 Å². The van der Waals surface area contributed by atoms with Crippen LogP contribution < -0.4 is 4.74 Å². The van der Waals surface area contributed by atoms with Crippen LogP contribution >= 0.6 is 23.2 Å². The zero-order valence-corrected chi connectivity index (χ0v) is 22.8. The number of ether oxygens (including phenoxy) is 1. The molecule has 12 heteroatoms. The van der Waals surface area contributed by atoms with Gasteiger partial charge < -0.3 is 20.7 Å². The Hall–Kier alpha value is -3.31. The molecule has 7 nitrogen and oxygen atoms in total. The van der Waals surface area contributed by atoms with Gasteiger partial charge in [-0.25, -0.2) is 4.79 Å². The molecule has 3 aromatic rings. The molecule has 0 radical (unpaired) electrons. The summed E-state index contributed by atoms with van der Waals surface area (Å²) in [5, 5.41) is 19.1. The van der Waals surface area contributed by atoms with E-state index in [1.807, 2.05) is 0 Å². The summed E-state index contributed by atoms with van der Waals surface area (Å²) >= 11 is 12.1. The predicted molar refractivity (Wildman–Crippen MR) is 148 cm³/mol. The highest BCUT2D eigenvalue weighted by atomic mass is 35.5. The number of hydrogen-bond donors (Lipinski definition) is 2. The standard InChI is InChI=1S/C25H19Cl2F3N2O3.C3H8NO/c1-2-35-20-13-16(25(28,29)30)7-12-19(20)23-31-21(14-3-8-17(26)9-4-14)22(32(23)24(33)34)15-5-10-18(27)11-6-15;4-2-1-3-5/h3-13,21-22H,2H2,1H3,(H,33,34);4-5H,1-3H2/q;-1. The van der Waals surface area contributed by atoms with Crippen LogP contribution in [0, 0.1) is 0 Å². The van der Waals surface area contributed by atoms with Gasteiger partial charge in [-0.15, -0.1) is 6.54 Å². The topological polar surface area (TPSA) is 106 Å². The van der Waals surface area contributed by atoms with Crippen LogP contribution in [0.1, 0.15) is 47.7 Å². The quantitative estimate of drug-likeness (QED) is 0.287. The summed E-state index contributed by atoms with van der Waals surface area (Å²) in [6.07, 6.45) is -5.30. The number of alkyl halides is 3. The van der Waals surface area contributed by atoms with Crippen LogP contribution in [0.3, 0.4) is 0 Å². The Bertz CT molecular complexity index is 1320. The van der Waals surface area contributed by atoms with E-state index in [0.717, 1.165) is 17.0 Å². The van der Waals surface area contributed by atoms with E-state index in [-0.39, 0.29) is 30.4 Å². The number of carboxylic acid groups (broad SMARTS) is 1. The zero-order valence-electron chi connectivity index (χ0n) is 21.3. The highest BCUT2D eigenvalue weighted by Crippen LogP contribution is 2.45. The van der Waals surface area contributed by atoms with Crippen molar-refractivity contribution in [2.24, 2.45) is 4.99 Å². The van der Waals surface area contributed by atoms with Gasteiger partial charge in [-0.1, -0.05) is 47.5 Å². The number of carbonyl (C=O) groups is 1. The lowest BCUT2D eigenvalue weighted by molar-refractivity contribution is -0.137. The van der Waals surface area contributed by atoms with E-state index in [1.54, 1.807) is 55.5 Å². The molecule has 0 spiro atoms. The van der Waals surface area contributed by atoms with Gasteiger partial charge >= 0.3 is 12.3 Å². The molecule has 0 aromatic heterocycles. The number of rotatable bonds is 7. The Morgan fingerprint density at radius 2 is 1.60 bits per heavy atom. The second-order valence-electron chi connectivity index (χ2n) is 8.57. The van der Waals surface area contributed by atoms with Gasteiger partial charge in [-0.3, -0.25) is 9.89 Å². The molecule has 1 aliphatic heterocycles. The van der Waals surface area contributed by atoms with E-state index < -0.39 is 29.9 Å². The van der Waals surface area contributed by atoms with Gasteiger partial charge in [0.1, 0.15) is 17.6 Å². The maximum atomic E-state index is 13.3. The predicted octanol–water partition coefficient (Wildman–Crippen LogP) is 8.05. The van der Waals surface area contributed by atoms with Gasteiger partial charge in [0.05, 0.1) is 23.8 Å². The van der Waals surface area contributed by atoms with Crippen LogP contribution in [0.2, 0.25) is 10.0 Å². The number of aliphatic hydroxyl groups excluding tert-OH is 1. The third-order valence-corrected chi connectivity index (χ3v) is 6.38. The molecule has 4 rings (SSSR count). The summed E-state index contributed by atoms with van der Waals surface area (Å²) in [7, 11) is 0. The van der Waals surface area contributed by atoms with Crippen molar-refractivity contribution in [3.05, 3.63) is 105 Å². The third-order valence-electron chi connectivity index (χ3n) is 5.88. The molecule has 40 heavy (non-hydrogen) atoms. The molecule has 0 aliphatic carbocycles. The molecule has 1 amide bonds. The van der Waals surface area contributed by atoms with Gasteiger partial charge in [0.15, 0.2) is 0 Å². The van der Waals surface area contributed by atoms with Crippen LogP contribution in [0.5, 0.6) is 5.75 Å². The minimum absolute atomic E-state index is 0.0189. The first kappa shape index (κ1) is 31.2. The average molecular weight is 597 g/mol. The maximum absolute atomic E-state index is 13.3. The smallest absolute Gasteiger partial charge is 0.416 e. The number of aliphatic hydroxyl groups is 1. The fourth-order valence-electron chi connectivity index (χ4n) is 4.09. The van der Waals surface area contributed by atoms with Gasteiger partial charge in [0, 0.05) is 16.7 Å². The van der Waals surface area contributed by atoms with Crippen molar-refractivity contribution in [1.82, 2.24) is 4.90 Å². The number of hydrogen-bond acceptors (Lipinski definition) is 4. The normalized spacial score (nSPS) is 16.7. The zero-order chi connectivity index (χ0) is 29.4. The van der Waals surface area contributed by atoms with Crippen molar-refractivity contribution in [3.63, 3.8) is 0 Å². The second kappa shape index (κ2) is 13.8. The van der Waals surface area contributed by atoms with Crippen molar-refractivity contribution in [2.75, 3.05) is 19.8 Å². The molecule has 0 fully saturated rings. The molecular formula is C28H27Cl2F3N3O4-. The van der Waals surface area contributed by atoms with E-state index in [2.05, 4.69) is 0 Å². The molecule has 2 atom stereocenters. The molecule has 1 heterocycles. The van der Waals surface area contributed by atoms with Crippen LogP contribution in [0.25, 0.3) is 5.73 Å². The van der Waals surface area contributed by atoms with Crippen molar-refractivity contribution >= 4 is 35.1 Å². The largest absolute Gasteiger partial charge is 0.677 e. The molecule has 214 valence electrons. The Balaban J connectivity index is 0.000000810. The molecule has 2 unspecified atom stereocenters. The molecule has 0 saturated heterocycles. The highest BCUT2D eigenvalue weighted by Gasteiger charge is 2.43. The fourth-order valence-corrected chi connectivity index (χ4v) is 4.34. The molecule has 0 bridgehead atoms. The second-order valence-corrected chi connectivity index (χ2v) is 9.44. The van der Waals surface area contributed by atoms with Crippen molar-refractivity contribution in [1.29, 1.82) is 0 Å². The van der Waals surface area contributed by atoms with Gasteiger partial charge in [-0.2, -0.15) is 13.2 Å². The minimum Gasteiger partial charge on any atom is -0.677 e. The minimum atomic E-state index is -4.59. The average Bonchev–Trinajstić information content (AvgIpc) is 3.31. The van der Waals surface area contributed by atoms with Gasteiger partial charge in [-0.05, 0) is 66.9 Å². The molecule has 3 aromatic carbocycles. The lowest BCUT2D eigenvalue weighted by atomic mass is 9.94.